The number of carbonyl (C=O) groups excluding carboxylic acids is 1. The van der Waals surface area contributed by atoms with Crippen LogP contribution in [-0.2, 0) is 4.79 Å². The van der Waals surface area contributed by atoms with Crippen molar-refractivity contribution in [3.8, 4) is 0 Å². The van der Waals surface area contributed by atoms with Crippen LogP contribution in [0.25, 0.3) is 10.2 Å². The molecule has 6 heteroatoms. The second-order valence-electron chi connectivity index (χ2n) is 4.33. The molecule has 0 aliphatic carbocycles. The van der Waals surface area contributed by atoms with E-state index in [0.717, 1.165) is 10.2 Å². The van der Waals surface area contributed by atoms with Crippen LogP contribution >= 0.6 is 22.9 Å². The van der Waals surface area contributed by atoms with Crippen molar-refractivity contribution in [1.82, 2.24) is 9.88 Å². The Bertz CT molecular complexity index is 599. The first kappa shape index (κ1) is 14.1. The largest absolute Gasteiger partial charge is 0.350 e. The van der Waals surface area contributed by atoms with Crippen LogP contribution in [0.3, 0.4) is 0 Å². The molecule has 0 aliphatic heterocycles. The number of rotatable bonds is 4. The summed E-state index contributed by atoms with van der Waals surface area (Å²) < 4.78 is 0.940. The predicted octanol–water partition coefficient (Wildman–Crippen LogP) is 3.23. The molecule has 1 amide bonds. The number of amides is 1. The molecule has 0 aliphatic rings. The summed E-state index contributed by atoms with van der Waals surface area (Å²) in [6, 6.07) is 5.32. The van der Waals surface area contributed by atoms with E-state index in [9.17, 15) is 4.79 Å². The van der Waals surface area contributed by atoms with Crippen molar-refractivity contribution in [2.24, 2.45) is 0 Å². The van der Waals surface area contributed by atoms with E-state index in [1.54, 1.807) is 11.9 Å². The van der Waals surface area contributed by atoms with Gasteiger partial charge >= 0.3 is 0 Å². The maximum absolute atomic E-state index is 12.0. The first-order chi connectivity index (χ1) is 9.02. The Morgan fingerprint density at radius 1 is 1.58 bits per heavy atom. The summed E-state index contributed by atoms with van der Waals surface area (Å²) in [5.74, 6) is 0.0489. The molecule has 102 valence electrons. The smallest absolute Gasteiger partial charge is 0.244 e. The number of thiazole rings is 1. The minimum absolute atomic E-state index is 0.0489. The summed E-state index contributed by atoms with van der Waals surface area (Å²) in [4.78, 5) is 18.1. The highest BCUT2D eigenvalue weighted by Gasteiger charge is 2.17. The summed E-state index contributed by atoms with van der Waals surface area (Å²) in [5.41, 5.74) is 0.850. The molecule has 19 heavy (non-hydrogen) atoms. The highest BCUT2D eigenvalue weighted by molar-refractivity contribution is 7.22. The van der Waals surface area contributed by atoms with Crippen LogP contribution in [0.4, 0.5) is 5.13 Å². The van der Waals surface area contributed by atoms with Crippen LogP contribution in [0.5, 0.6) is 0 Å². The van der Waals surface area contributed by atoms with E-state index in [-0.39, 0.29) is 11.9 Å². The van der Waals surface area contributed by atoms with Crippen LogP contribution in [-0.4, -0.2) is 35.4 Å². The number of halogens is 1. The highest BCUT2D eigenvalue weighted by Crippen LogP contribution is 2.31. The van der Waals surface area contributed by atoms with E-state index in [2.05, 4.69) is 10.3 Å². The number of fused-ring (bicyclic) bond motifs is 1. The third kappa shape index (κ3) is 2.98. The molecule has 2 rings (SSSR count). The normalized spacial score (nSPS) is 12.4. The fourth-order valence-corrected chi connectivity index (χ4v) is 2.95. The fraction of sp³-hybridized carbons (Fsp3) is 0.385. The van der Waals surface area contributed by atoms with Gasteiger partial charge in [0, 0.05) is 13.6 Å². The Balaban J connectivity index is 2.17. The van der Waals surface area contributed by atoms with Crippen molar-refractivity contribution >= 4 is 44.2 Å². The van der Waals surface area contributed by atoms with E-state index in [4.69, 9.17) is 11.6 Å². The molecule has 0 spiro atoms. The van der Waals surface area contributed by atoms with Gasteiger partial charge in [0.1, 0.15) is 6.04 Å². The second kappa shape index (κ2) is 5.75. The highest BCUT2D eigenvalue weighted by atomic mass is 35.5. The number of nitrogens with one attached hydrogen (secondary N) is 1. The zero-order chi connectivity index (χ0) is 14.0. The second-order valence-corrected chi connectivity index (χ2v) is 5.73. The summed E-state index contributed by atoms with van der Waals surface area (Å²) in [6.07, 6.45) is 0. The molecule has 0 radical (unpaired) electrons. The lowest BCUT2D eigenvalue weighted by atomic mass is 10.3. The van der Waals surface area contributed by atoms with Gasteiger partial charge in [-0.1, -0.05) is 29.0 Å². The molecular formula is C13H16ClN3OS. The van der Waals surface area contributed by atoms with Crippen molar-refractivity contribution in [3.63, 3.8) is 0 Å². The van der Waals surface area contributed by atoms with E-state index in [1.165, 1.54) is 11.3 Å². The van der Waals surface area contributed by atoms with E-state index in [1.807, 2.05) is 32.0 Å². The van der Waals surface area contributed by atoms with Gasteiger partial charge in [-0.2, -0.15) is 0 Å². The molecule has 0 saturated carbocycles. The van der Waals surface area contributed by atoms with Crippen LogP contribution in [0.2, 0.25) is 5.02 Å². The molecule has 1 aromatic heterocycles. The van der Waals surface area contributed by atoms with Crippen molar-refractivity contribution in [3.05, 3.63) is 23.2 Å². The van der Waals surface area contributed by atoms with E-state index in [0.29, 0.717) is 16.7 Å². The Hall–Kier alpha value is -1.33. The first-order valence-corrected chi connectivity index (χ1v) is 7.29. The van der Waals surface area contributed by atoms with Crippen molar-refractivity contribution in [2.45, 2.75) is 19.9 Å². The average molecular weight is 298 g/mol. The SMILES string of the molecule is CCN(C)C(=O)C(C)Nc1nc2cccc(Cl)c2s1. The number of benzene rings is 1. The third-order valence-electron chi connectivity index (χ3n) is 2.93. The number of aromatic nitrogens is 1. The Kier molecular flexibility index (Phi) is 4.27. The van der Waals surface area contributed by atoms with Gasteiger partial charge in [0.25, 0.3) is 0 Å². The van der Waals surface area contributed by atoms with Gasteiger partial charge in [-0.15, -0.1) is 0 Å². The zero-order valence-electron chi connectivity index (χ0n) is 11.1. The number of nitrogens with zero attached hydrogens (tertiary/aromatic N) is 2. The molecular weight excluding hydrogens is 282 g/mol. The molecule has 1 aromatic carbocycles. The van der Waals surface area contributed by atoms with Gasteiger partial charge in [-0.3, -0.25) is 4.79 Å². The minimum Gasteiger partial charge on any atom is -0.350 e. The van der Waals surface area contributed by atoms with Gasteiger partial charge in [-0.05, 0) is 26.0 Å². The molecule has 1 unspecified atom stereocenters. The van der Waals surface area contributed by atoms with E-state index >= 15 is 0 Å². The number of likely N-dealkylation sites (N-methyl/N-ethyl adjacent to an activating group) is 1. The van der Waals surface area contributed by atoms with Crippen LogP contribution in [0, 0.1) is 0 Å². The molecule has 2 aromatic rings. The van der Waals surface area contributed by atoms with Crippen LogP contribution in [0.15, 0.2) is 18.2 Å². The summed E-state index contributed by atoms with van der Waals surface area (Å²) >= 11 is 7.57. The van der Waals surface area contributed by atoms with E-state index < -0.39 is 0 Å². The van der Waals surface area contributed by atoms with Crippen molar-refractivity contribution in [1.29, 1.82) is 0 Å². The monoisotopic (exact) mass is 297 g/mol. The molecule has 0 fully saturated rings. The van der Waals surface area contributed by atoms with Gasteiger partial charge in [0.05, 0.1) is 15.2 Å². The van der Waals surface area contributed by atoms with Crippen LogP contribution in [0.1, 0.15) is 13.8 Å². The van der Waals surface area contributed by atoms with Crippen LogP contribution < -0.4 is 5.32 Å². The van der Waals surface area contributed by atoms with Gasteiger partial charge < -0.3 is 10.2 Å². The average Bonchev–Trinajstić information content (AvgIpc) is 2.80. The lowest BCUT2D eigenvalue weighted by Crippen LogP contribution is -2.38. The standard InChI is InChI=1S/C13H16ClN3OS/c1-4-17(3)12(18)8(2)15-13-16-10-7-5-6-9(14)11(10)19-13/h5-8H,4H2,1-3H3,(H,15,16). The molecule has 1 atom stereocenters. The lowest BCUT2D eigenvalue weighted by molar-refractivity contribution is -0.130. The predicted molar refractivity (Wildman–Crippen MR) is 81.0 cm³/mol. The zero-order valence-corrected chi connectivity index (χ0v) is 12.7. The number of hydrogen-bond donors (Lipinski definition) is 1. The molecule has 1 N–H and O–H groups in total. The summed E-state index contributed by atoms with van der Waals surface area (Å²) in [6.45, 7) is 4.47. The van der Waals surface area contributed by atoms with Crippen molar-refractivity contribution in [2.75, 3.05) is 18.9 Å². The van der Waals surface area contributed by atoms with Crippen molar-refractivity contribution < 1.29 is 4.79 Å². The molecule has 1 heterocycles. The maximum Gasteiger partial charge on any atom is 0.244 e. The lowest BCUT2D eigenvalue weighted by Gasteiger charge is -2.20. The molecule has 0 bridgehead atoms. The molecule has 4 nitrogen and oxygen atoms in total. The molecule has 0 saturated heterocycles. The first-order valence-electron chi connectivity index (χ1n) is 6.09. The quantitative estimate of drug-likeness (QED) is 0.942. The Morgan fingerprint density at radius 2 is 2.32 bits per heavy atom. The van der Waals surface area contributed by atoms with Gasteiger partial charge in [-0.25, -0.2) is 4.98 Å². The summed E-state index contributed by atoms with van der Waals surface area (Å²) in [7, 11) is 1.79. The number of anilines is 1. The van der Waals surface area contributed by atoms with Gasteiger partial charge in [0.2, 0.25) is 5.91 Å². The topological polar surface area (TPSA) is 45.2 Å². The Morgan fingerprint density at radius 3 is 2.95 bits per heavy atom. The number of carbonyl (C=O) groups is 1. The number of hydrogen-bond acceptors (Lipinski definition) is 4. The van der Waals surface area contributed by atoms with Gasteiger partial charge in [0.15, 0.2) is 5.13 Å². The Labute approximate surface area is 121 Å². The third-order valence-corrected chi connectivity index (χ3v) is 4.39. The minimum atomic E-state index is -0.302. The summed E-state index contributed by atoms with van der Waals surface area (Å²) in [5, 5.41) is 4.53. The fourth-order valence-electron chi connectivity index (χ4n) is 1.71. The maximum atomic E-state index is 12.0.